The minimum absolute atomic E-state index is 0.404. The van der Waals surface area contributed by atoms with Crippen LogP contribution >= 0.6 is 0 Å². The van der Waals surface area contributed by atoms with Crippen LogP contribution in [0.5, 0.6) is 5.75 Å². The van der Waals surface area contributed by atoms with E-state index in [0.717, 1.165) is 25.1 Å². The van der Waals surface area contributed by atoms with Crippen LogP contribution in [0.3, 0.4) is 0 Å². The molecule has 2 nitrogen and oxygen atoms in total. The van der Waals surface area contributed by atoms with Crippen LogP contribution in [-0.4, -0.2) is 18.7 Å². The van der Waals surface area contributed by atoms with Crippen LogP contribution in [0.1, 0.15) is 51.5 Å². The summed E-state index contributed by atoms with van der Waals surface area (Å²) >= 11 is 0. The van der Waals surface area contributed by atoms with Gasteiger partial charge in [0, 0.05) is 6.04 Å². The van der Waals surface area contributed by atoms with E-state index in [1.807, 2.05) is 0 Å². The Balaban J connectivity index is 1.79. The van der Waals surface area contributed by atoms with Crippen LogP contribution in [0.25, 0.3) is 0 Å². The predicted octanol–water partition coefficient (Wildman–Crippen LogP) is 3.72. The van der Waals surface area contributed by atoms with E-state index in [-0.39, 0.29) is 0 Å². The maximum absolute atomic E-state index is 6.01. The molecule has 0 spiro atoms. The molecule has 0 atom stereocenters. The van der Waals surface area contributed by atoms with Crippen LogP contribution in [0.2, 0.25) is 0 Å². The monoisotopic (exact) mass is 247 g/mol. The van der Waals surface area contributed by atoms with Crippen molar-refractivity contribution in [3.05, 3.63) is 29.8 Å². The minimum atomic E-state index is 0.404. The summed E-state index contributed by atoms with van der Waals surface area (Å²) in [6.45, 7) is 7.76. The molecule has 0 aliphatic heterocycles. The Labute approximate surface area is 111 Å². The van der Waals surface area contributed by atoms with Gasteiger partial charge >= 0.3 is 0 Å². The molecule has 1 aromatic rings. The zero-order valence-corrected chi connectivity index (χ0v) is 11.8. The van der Waals surface area contributed by atoms with Gasteiger partial charge in [0.25, 0.3) is 0 Å². The van der Waals surface area contributed by atoms with Gasteiger partial charge in [-0.15, -0.1) is 0 Å². The highest BCUT2D eigenvalue weighted by Gasteiger charge is 2.30. The fourth-order valence-corrected chi connectivity index (χ4v) is 2.32. The smallest absolute Gasteiger partial charge is 0.120 e. The second kappa shape index (κ2) is 6.24. The molecule has 1 saturated carbocycles. The van der Waals surface area contributed by atoms with Gasteiger partial charge in [0.2, 0.25) is 0 Å². The summed E-state index contributed by atoms with van der Waals surface area (Å²) < 4.78 is 6.01. The number of rotatable bonds is 6. The molecule has 0 aromatic heterocycles. The Kier molecular flexibility index (Phi) is 4.65. The summed E-state index contributed by atoms with van der Waals surface area (Å²) in [4.78, 5) is 0. The fraction of sp³-hybridized carbons (Fsp3) is 0.625. The summed E-state index contributed by atoms with van der Waals surface area (Å²) in [7, 11) is 0. The van der Waals surface area contributed by atoms with Crippen LogP contribution in [0.4, 0.5) is 0 Å². The SMILES string of the molecule is CCCNC1CC(Oc2cccc(C(C)C)c2)C1. The van der Waals surface area contributed by atoms with E-state index in [2.05, 4.69) is 50.4 Å². The molecule has 1 aliphatic carbocycles. The van der Waals surface area contributed by atoms with Gasteiger partial charge in [-0.05, 0) is 49.4 Å². The van der Waals surface area contributed by atoms with Gasteiger partial charge in [-0.2, -0.15) is 0 Å². The van der Waals surface area contributed by atoms with E-state index >= 15 is 0 Å². The van der Waals surface area contributed by atoms with Gasteiger partial charge in [-0.1, -0.05) is 32.9 Å². The Hall–Kier alpha value is -1.02. The first-order valence-electron chi connectivity index (χ1n) is 7.19. The maximum Gasteiger partial charge on any atom is 0.120 e. The van der Waals surface area contributed by atoms with Gasteiger partial charge in [0.1, 0.15) is 11.9 Å². The van der Waals surface area contributed by atoms with Crippen molar-refractivity contribution < 1.29 is 4.74 Å². The first-order chi connectivity index (χ1) is 8.69. The van der Waals surface area contributed by atoms with E-state index in [9.17, 15) is 0 Å². The Morgan fingerprint density at radius 2 is 2.11 bits per heavy atom. The maximum atomic E-state index is 6.01. The summed E-state index contributed by atoms with van der Waals surface area (Å²) in [5, 5.41) is 3.53. The molecule has 2 heteroatoms. The molecule has 2 rings (SSSR count). The number of hydrogen-bond donors (Lipinski definition) is 1. The Bertz CT molecular complexity index is 369. The molecule has 0 heterocycles. The van der Waals surface area contributed by atoms with E-state index in [1.165, 1.54) is 12.0 Å². The molecule has 1 N–H and O–H groups in total. The van der Waals surface area contributed by atoms with Crippen molar-refractivity contribution in [1.82, 2.24) is 5.32 Å². The number of benzene rings is 1. The highest BCUT2D eigenvalue weighted by atomic mass is 16.5. The summed E-state index contributed by atoms with van der Waals surface area (Å²) in [6.07, 6.45) is 3.90. The first kappa shape index (κ1) is 13.4. The van der Waals surface area contributed by atoms with Gasteiger partial charge in [-0.3, -0.25) is 0 Å². The molecule has 1 aromatic carbocycles. The molecule has 0 bridgehead atoms. The summed E-state index contributed by atoms with van der Waals surface area (Å²) in [5.41, 5.74) is 1.35. The second-order valence-corrected chi connectivity index (χ2v) is 5.59. The third-order valence-corrected chi connectivity index (χ3v) is 3.61. The van der Waals surface area contributed by atoms with Crippen molar-refractivity contribution in [3.8, 4) is 5.75 Å². The lowest BCUT2D eigenvalue weighted by Gasteiger charge is -2.36. The fourth-order valence-electron chi connectivity index (χ4n) is 2.32. The largest absolute Gasteiger partial charge is 0.490 e. The lowest BCUT2D eigenvalue weighted by atomic mass is 9.89. The van der Waals surface area contributed by atoms with Crippen molar-refractivity contribution in [2.75, 3.05) is 6.54 Å². The van der Waals surface area contributed by atoms with Crippen molar-refractivity contribution in [3.63, 3.8) is 0 Å². The zero-order valence-electron chi connectivity index (χ0n) is 11.8. The van der Waals surface area contributed by atoms with Crippen LogP contribution in [0, 0.1) is 0 Å². The molecule has 1 aliphatic rings. The number of nitrogens with one attached hydrogen (secondary N) is 1. The van der Waals surface area contributed by atoms with Gasteiger partial charge < -0.3 is 10.1 Å². The lowest BCUT2D eigenvalue weighted by molar-refractivity contribution is 0.0851. The van der Waals surface area contributed by atoms with E-state index in [0.29, 0.717) is 18.1 Å². The van der Waals surface area contributed by atoms with E-state index < -0.39 is 0 Å². The van der Waals surface area contributed by atoms with Gasteiger partial charge in [0.15, 0.2) is 0 Å². The molecular formula is C16H25NO. The highest BCUT2D eigenvalue weighted by Crippen LogP contribution is 2.27. The molecule has 100 valence electrons. The van der Waals surface area contributed by atoms with Crippen LogP contribution in [-0.2, 0) is 0 Å². The Morgan fingerprint density at radius 3 is 2.78 bits per heavy atom. The van der Waals surface area contributed by atoms with Crippen molar-refractivity contribution in [2.24, 2.45) is 0 Å². The van der Waals surface area contributed by atoms with E-state index in [4.69, 9.17) is 4.74 Å². The van der Waals surface area contributed by atoms with Crippen molar-refractivity contribution in [2.45, 2.75) is 58.1 Å². The zero-order chi connectivity index (χ0) is 13.0. The van der Waals surface area contributed by atoms with Crippen LogP contribution < -0.4 is 10.1 Å². The van der Waals surface area contributed by atoms with Crippen LogP contribution in [0.15, 0.2) is 24.3 Å². The van der Waals surface area contributed by atoms with Gasteiger partial charge in [0.05, 0.1) is 0 Å². The molecule has 0 radical (unpaired) electrons. The highest BCUT2D eigenvalue weighted by molar-refractivity contribution is 5.30. The summed E-state index contributed by atoms with van der Waals surface area (Å²) in [6, 6.07) is 9.18. The molecule has 0 amide bonds. The predicted molar refractivity (Wildman–Crippen MR) is 76.3 cm³/mol. The topological polar surface area (TPSA) is 21.3 Å². The summed E-state index contributed by atoms with van der Waals surface area (Å²) in [5.74, 6) is 1.59. The third-order valence-electron chi connectivity index (χ3n) is 3.61. The van der Waals surface area contributed by atoms with E-state index in [1.54, 1.807) is 0 Å². The molecular weight excluding hydrogens is 222 g/mol. The lowest BCUT2D eigenvalue weighted by Crippen LogP contribution is -2.46. The quantitative estimate of drug-likeness (QED) is 0.827. The average Bonchev–Trinajstić information content (AvgIpc) is 2.32. The number of ether oxygens (including phenoxy) is 1. The molecule has 0 unspecified atom stereocenters. The standard InChI is InChI=1S/C16H25NO/c1-4-8-17-14-10-16(11-14)18-15-7-5-6-13(9-15)12(2)3/h5-7,9,12,14,16-17H,4,8,10-11H2,1-3H3. The third kappa shape index (κ3) is 3.49. The second-order valence-electron chi connectivity index (χ2n) is 5.59. The average molecular weight is 247 g/mol. The van der Waals surface area contributed by atoms with Crippen molar-refractivity contribution >= 4 is 0 Å². The Morgan fingerprint density at radius 1 is 1.33 bits per heavy atom. The van der Waals surface area contributed by atoms with Crippen molar-refractivity contribution in [1.29, 1.82) is 0 Å². The first-order valence-corrected chi connectivity index (χ1v) is 7.19. The molecule has 1 fully saturated rings. The minimum Gasteiger partial charge on any atom is -0.490 e. The van der Waals surface area contributed by atoms with Gasteiger partial charge in [-0.25, -0.2) is 0 Å². The molecule has 0 saturated heterocycles. The normalized spacial score (nSPS) is 22.9. The molecule has 18 heavy (non-hydrogen) atoms. The number of hydrogen-bond acceptors (Lipinski definition) is 2.